The van der Waals surface area contributed by atoms with Gasteiger partial charge in [-0.1, -0.05) is 28.9 Å². The van der Waals surface area contributed by atoms with Crippen LogP contribution >= 0.6 is 11.6 Å². The molecule has 0 bridgehead atoms. The smallest absolute Gasteiger partial charge is 0.139 e. The van der Waals surface area contributed by atoms with Gasteiger partial charge >= 0.3 is 0 Å². The van der Waals surface area contributed by atoms with Gasteiger partial charge in [-0.15, -0.1) is 0 Å². The average Bonchev–Trinajstić information content (AvgIpc) is 1.99. The Bertz CT molecular complexity index is 275. The highest BCUT2D eigenvalue weighted by molar-refractivity contribution is 6.32. The molecule has 1 N–H and O–H groups in total. The monoisotopic (exact) mass is 171 g/mol. The lowest BCUT2D eigenvalue weighted by Gasteiger charge is -1.99. The standard InChI is InChI=1S/C7H6ClNO2/c8-6-3-1-2-5(4-9-11)7(6)10/h1-3,10H,4H2. The molecule has 0 atom stereocenters. The van der Waals surface area contributed by atoms with Crippen molar-refractivity contribution in [1.29, 1.82) is 0 Å². The van der Waals surface area contributed by atoms with Gasteiger partial charge in [-0.3, -0.25) is 0 Å². The molecule has 0 aliphatic heterocycles. The lowest BCUT2D eigenvalue weighted by Crippen LogP contribution is -1.81. The fraction of sp³-hybridized carbons (Fsp3) is 0.143. The summed E-state index contributed by atoms with van der Waals surface area (Å²) in [4.78, 5) is 9.83. The predicted molar refractivity (Wildman–Crippen MR) is 42.6 cm³/mol. The lowest BCUT2D eigenvalue weighted by atomic mass is 10.2. The number of hydrogen-bond donors (Lipinski definition) is 1. The van der Waals surface area contributed by atoms with Gasteiger partial charge in [0.2, 0.25) is 0 Å². The van der Waals surface area contributed by atoms with Crippen molar-refractivity contribution in [3.05, 3.63) is 33.7 Å². The van der Waals surface area contributed by atoms with E-state index in [9.17, 15) is 10.0 Å². The maximum atomic E-state index is 9.83. The maximum Gasteiger partial charge on any atom is 0.139 e. The van der Waals surface area contributed by atoms with Crippen molar-refractivity contribution in [2.24, 2.45) is 5.18 Å². The van der Waals surface area contributed by atoms with Crippen LogP contribution in [0.15, 0.2) is 23.4 Å². The van der Waals surface area contributed by atoms with Crippen LogP contribution in [0.4, 0.5) is 0 Å². The summed E-state index contributed by atoms with van der Waals surface area (Å²) in [6, 6.07) is 4.80. The summed E-state index contributed by atoms with van der Waals surface area (Å²) < 4.78 is 0. The van der Waals surface area contributed by atoms with Gasteiger partial charge in [0.05, 0.1) is 5.02 Å². The zero-order valence-corrected chi connectivity index (χ0v) is 6.38. The molecule has 0 spiro atoms. The Hall–Kier alpha value is -1.09. The topological polar surface area (TPSA) is 49.7 Å². The molecular weight excluding hydrogens is 166 g/mol. The quantitative estimate of drug-likeness (QED) is 0.695. The summed E-state index contributed by atoms with van der Waals surface area (Å²) in [5.41, 5.74) is 0.451. The van der Waals surface area contributed by atoms with Crippen LogP contribution in [-0.2, 0) is 6.54 Å². The predicted octanol–water partition coefficient (Wildman–Crippen LogP) is 2.31. The number of nitroso groups, excluding NO2 is 1. The molecule has 0 saturated heterocycles. The average molecular weight is 172 g/mol. The van der Waals surface area contributed by atoms with Crippen molar-refractivity contribution in [2.75, 3.05) is 0 Å². The molecule has 0 aliphatic rings. The lowest BCUT2D eigenvalue weighted by molar-refractivity contribution is 0.468. The molecular formula is C7H6ClNO2. The van der Waals surface area contributed by atoms with Gasteiger partial charge in [0.1, 0.15) is 12.3 Å². The number of para-hydroxylation sites is 1. The summed E-state index contributed by atoms with van der Waals surface area (Å²) in [6.07, 6.45) is 0. The van der Waals surface area contributed by atoms with Gasteiger partial charge in [-0.25, -0.2) is 0 Å². The molecule has 0 aliphatic carbocycles. The van der Waals surface area contributed by atoms with Crippen molar-refractivity contribution in [1.82, 2.24) is 0 Å². The fourth-order valence-corrected chi connectivity index (χ4v) is 0.951. The highest BCUT2D eigenvalue weighted by Crippen LogP contribution is 2.27. The zero-order chi connectivity index (χ0) is 8.27. The van der Waals surface area contributed by atoms with E-state index in [-0.39, 0.29) is 17.3 Å². The minimum Gasteiger partial charge on any atom is -0.506 e. The Balaban J connectivity index is 3.05. The van der Waals surface area contributed by atoms with Crippen molar-refractivity contribution >= 4 is 11.6 Å². The molecule has 0 amide bonds. The molecule has 0 fully saturated rings. The van der Waals surface area contributed by atoms with E-state index in [2.05, 4.69) is 5.18 Å². The molecule has 1 rings (SSSR count). The molecule has 0 saturated carbocycles. The van der Waals surface area contributed by atoms with Crippen LogP contribution in [0.1, 0.15) is 5.56 Å². The number of hydrogen-bond acceptors (Lipinski definition) is 3. The molecule has 0 radical (unpaired) electrons. The number of rotatable bonds is 2. The first-order valence-corrected chi connectivity index (χ1v) is 3.39. The van der Waals surface area contributed by atoms with E-state index >= 15 is 0 Å². The van der Waals surface area contributed by atoms with Crippen molar-refractivity contribution in [2.45, 2.75) is 6.54 Å². The second-order valence-corrected chi connectivity index (χ2v) is 2.44. The van der Waals surface area contributed by atoms with Crippen LogP contribution < -0.4 is 0 Å². The van der Waals surface area contributed by atoms with Crippen molar-refractivity contribution in [3.8, 4) is 5.75 Å². The molecule has 0 aromatic heterocycles. The van der Waals surface area contributed by atoms with E-state index in [1.54, 1.807) is 18.2 Å². The van der Waals surface area contributed by atoms with E-state index in [1.807, 2.05) is 0 Å². The molecule has 0 unspecified atom stereocenters. The van der Waals surface area contributed by atoms with Gasteiger partial charge in [-0.2, -0.15) is 4.91 Å². The minimum atomic E-state index is -0.0613. The fourth-order valence-electron chi connectivity index (χ4n) is 0.757. The van der Waals surface area contributed by atoms with Crippen LogP contribution in [0.5, 0.6) is 5.75 Å². The second-order valence-electron chi connectivity index (χ2n) is 2.03. The van der Waals surface area contributed by atoms with Crippen LogP contribution in [0.25, 0.3) is 0 Å². The van der Waals surface area contributed by atoms with E-state index in [1.165, 1.54) is 0 Å². The van der Waals surface area contributed by atoms with Gasteiger partial charge in [-0.05, 0) is 6.07 Å². The number of halogens is 1. The van der Waals surface area contributed by atoms with E-state index in [0.717, 1.165) is 0 Å². The van der Waals surface area contributed by atoms with E-state index in [4.69, 9.17) is 11.6 Å². The third-order valence-electron chi connectivity index (χ3n) is 1.31. The summed E-state index contributed by atoms with van der Waals surface area (Å²) in [7, 11) is 0. The van der Waals surface area contributed by atoms with E-state index in [0.29, 0.717) is 5.56 Å². The summed E-state index contributed by atoms with van der Waals surface area (Å²) >= 11 is 5.56. The van der Waals surface area contributed by atoms with Crippen molar-refractivity contribution in [3.63, 3.8) is 0 Å². The third-order valence-corrected chi connectivity index (χ3v) is 1.61. The largest absolute Gasteiger partial charge is 0.506 e. The number of nitrogens with zero attached hydrogens (tertiary/aromatic N) is 1. The Kier molecular flexibility index (Phi) is 2.44. The van der Waals surface area contributed by atoms with Crippen molar-refractivity contribution < 1.29 is 5.11 Å². The van der Waals surface area contributed by atoms with Crippen LogP contribution in [0.3, 0.4) is 0 Å². The summed E-state index contributed by atoms with van der Waals surface area (Å²) in [5, 5.41) is 12.1. The molecule has 4 heteroatoms. The van der Waals surface area contributed by atoms with Gasteiger partial charge in [0.15, 0.2) is 0 Å². The van der Waals surface area contributed by atoms with Gasteiger partial charge in [0, 0.05) is 5.56 Å². The first-order valence-electron chi connectivity index (χ1n) is 3.01. The summed E-state index contributed by atoms with van der Waals surface area (Å²) in [5.74, 6) is -0.0613. The number of benzene rings is 1. The molecule has 11 heavy (non-hydrogen) atoms. The Morgan fingerprint density at radius 1 is 1.55 bits per heavy atom. The minimum absolute atomic E-state index is 0.0492. The molecule has 3 nitrogen and oxygen atoms in total. The van der Waals surface area contributed by atoms with Gasteiger partial charge < -0.3 is 5.11 Å². The number of phenolic OH excluding ortho intramolecular Hbond substituents is 1. The first-order chi connectivity index (χ1) is 5.25. The Labute approximate surface area is 68.6 Å². The Morgan fingerprint density at radius 2 is 2.27 bits per heavy atom. The van der Waals surface area contributed by atoms with Crippen LogP contribution in [0, 0.1) is 4.91 Å². The van der Waals surface area contributed by atoms with Crippen LogP contribution in [0.2, 0.25) is 5.02 Å². The number of aromatic hydroxyl groups is 1. The third kappa shape index (κ3) is 1.68. The molecule has 1 aromatic carbocycles. The highest BCUT2D eigenvalue weighted by atomic mass is 35.5. The molecule has 1 aromatic rings. The van der Waals surface area contributed by atoms with E-state index < -0.39 is 0 Å². The second kappa shape index (κ2) is 3.34. The maximum absolute atomic E-state index is 9.83. The highest BCUT2D eigenvalue weighted by Gasteiger charge is 2.03. The Morgan fingerprint density at radius 3 is 2.91 bits per heavy atom. The molecule has 58 valence electrons. The van der Waals surface area contributed by atoms with Crippen LogP contribution in [-0.4, -0.2) is 5.11 Å². The normalized spacial score (nSPS) is 9.55. The molecule has 0 heterocycles. The number of phenols is 1. The van der Waals surface area contributed by atoms with Gasteiger partial charge in [0.25, 0.3) is 0 Å². The summed E-state index contributed by atoms with van der Waals surface area (Å²) in [6.45, 7) is -0.0492. The zero-order valence-electron chi connectivity index (χ0n) is 5.62. The first kappa shape index (κ1) is 8.01. The SMILES string of the molecule is O=NCc1cccc(Cl)c1O.